The summed E-state index contributed by atoms with van der Waals surface area (Å²) in [5.41, 5.74) is 2.78. The first-order valence-electron chi connectivity index (χ1n) is 8.38. The van der Waals surface area contributed by atoms with Gasteiger partial charge in [0.05, 0.1) is 6.04 Å². The van der Waals surface area contributed by atoms with Crippen LogP contribution in [0.15, 0.2) is 91.0 Å². The van der Waals surface area contributed by atoms with Crippen LogP contribution in [0, 0.1) is 0 Å². The van der Waals surface area contributed by atoms with Crippen molar-refractivity contribution in [3.63, 3.8) is 0 Å². The highest BCUT2D eigenvalue weighted by molar-refractivity contribution is 5.35. The summed E-state index contributed by atoms with van der Waals surface area (Å²) in [5.74, 6) is 0. The Morgan fingerprint density at radius 3 is 1.54 bits per heavy atom. The second kappa shape index (κ2) is 6.23. The van der Waals surface area contributed by atoms with Crippen LogP contribution in [0.3, 0.4) is 0 Å². The van der Waals surface area contributed by atoms with Crippen molar-refractivity contribution >= 4 is 0 Å². The van der Waals surface area contributed by atoms with Crippen LogP contribution in [0.1, 0.15) is 22.7 Å². The van der Waals surface area contributed by atoms with E-state index >= 15 is 0 Å². The lowest BCUT2D eigenvalue weighted by Crippen LogP contribution is -2.60. The lowest BCUT2D eigenvalue weighted by atomic mass is 9.82. The maximum Gasteiger partial charge on any atom is 0.115 e. The first kappa shape index (κ1) is 15.1. The molecule has 3 aromatic carbocycles. The van der Waals surface area contributed by atoms with Crippen molar-refractivity contribution in [1.82, 2.24) is 4.90 Å². The molecule has 120 valence electrons. The molecule has 0 amide bonds. The SMILES string of the molecule is OC1(c2ccccc2)CN(C(c2ccccc2)c2ccccc2)C1. The van der Waals surface area contributed by atoms with E-state index in [0.717, 1.165) is 5.56 Å². The Balaban J connectivity index is 1.63. The third-order valence-electron chi connectivity index (χ3n) is 4.84. The topological polar surface area (TPSA) is 23.5 Å². The predicted molar refractivity (Wildman–Crippen MR) is 96.6 cm³/mol. The molecule has 2 nitrogen and oxygen atoms in total. The number of hydrogen-bond acceptors (Lipinski definition) is 2. The van der Waals surface area contributed by atoms with E-state index in [1.54, 1.807) is 0 Å². The lowest BCUT2D eigenvalue weighted by Gasteiger charge is -2.50. The molecule has 0 radical (unpaired) electrons. The van der Waals surface area contributed by atoms with E-state index < -0.39 is 5.60 Å². The van der Waals surface area contributed by atoms with Crippen molar-refractivity contribution in [3.05, 3.63) is 108 Å². The fourth-order valence-corrected chi connectivity index (χ4v) is 3.62. The Kier molecular flexibility index (Phi) is 3.93. The van der Waals surface area contributed by atoms with E-state index in [0.29, 0.717) is 13.1 Å². The minimum Gasteiger partial charge on any atom is -0.382 e. The number of aliphatic hydroxyl groups is 1. The Morgan fingerprint density at radius 1 is 0.667 bits per heavy atom. The zero-order chi connectivity index (χ0) is 16.4. The van der Waals surface area contributed by atoms with Crippen LogP contribution in [0.2, 0.25) is 0 Å². The number of nitrogens with zero attached hydrogens (tertiary/aromatic N) is 1. The highest BCUT2D eigenvalue weighted by Gasteiger charge is 2.45. The van der Waals surface area contributed by atoms with Crippen molar-refractivity contribution < 1.29 is 5.11 Å². The molecule has 4 rings (SSSR count). The van der Waals surface area contributed by atoms with Crippen LogP contribution in [-0.4, -0.2) is 23.1 Å². The second-order valence-electron chi connectivity index (χ2n) is 6.53. The Hall–Kier alpha value is -2.42. The van der Waals surface area contributed by atoms with Gasteiger partial charge < -0.3 is 5.11 Å². The number of hydrogen-bond donors (Lipinski definition) is 1. The van der Waals surface area contributed by atoms with Crippen LogP contribution >= 0.6 is 0 Å². The maximum absolute atomic E-state index is 11.0. The van der Waals surface area contributed by atoms with Crippen molar-refractivity contribution in [2.45, 2.75) is 11.6 Å². The molecule has 24 heavy (non-hydrogen) atoms. The van der Waals surface area contributed by atoms with Crippen LogP contribution in [0.5, 0.6) is 0 Å². The number of β-amino-alcohol motifs (C(OH)–C–C–N with tert-alkyl or cyclic N) is 1. The first-order chi connectivity index (χ1) is 11.8. The van der Waals surface area contributed by atoms with Crippen LogP contribution < -0.4 is 0 Å². The van der Waals surface area contributed by atoms with Gasteiger partial charge in [0.1, 0.15) is 5.60 Å². The summed E-state index contributed by atoms with van der Waals surface area (Å²) in [4.78, 5) is 2.34. The van der Waals surface area contributed by atoms with E-state index in [1.165, 1.54) is 11.1 Å². The average molecular weight is 315 g/mol. The van der Waals surface area contributed by atoms with Gasteiger partial charge >= 0.3 is 0 Å². The van der Waals surface area contributed by atoms with Crippen LogP contribution in [-0.2, 0) is 5.60 Å². The number of rotatable bonds is 4. The summed E-state index contributed by atoms with van der Waals surface area (Å²) >= 11 is 0. The zero-order valence-corrected chi connectivity index (χ0v) is 13.5. The van der Waals surface area contributed by atoms with Gasteiger partial charge in [-0.25, -0.2) is 0 Å². The normalized spacial score (nSPS) is 16.8. The van der Waals surface area contributed by atoms with Gasteiger partial charge in [0.2, 0.25) is 0 Å². The zero-order valence-electron chi connectivity index (χ0n) is 13.5. The molecule has 0 bridgehead atoms. The van der Waals surface area contributed by atoms with Crippen LogP contribution in [0.25, 0.3) is 0 Å². The van der Waals surface area contributed by atoms with E-state index in [2.05, 4.69) is 53.4 Å². The monoisotopic (exact) mass is 315 g/mol. The molecule has 0 saturated carbocycles. The Bertz CT molecular complexity index is 740. The summed E-state index contributed by atoms with van der Waals surface area (Å²) in [7, 11) is 0. The van der Waals surface area contributed by atoms with Crippen molar-refractivity contribution in [2.75, 3.05) is 13.1 Å². The van der Waals surface area contributed by atoms with Crippen LogP contribution in [0.4, 0.5) is 0 Å². The van der Waals surface area contributed by atoms with Gasteiger partial charge in [-0.15, -0.1) is 0 Å². The van der Waals surface area contributed by atoms with E-state index in [4.69, 9.17) is 0 Å². The smallest absolute Gasteiger partial charge is 0.115 e. The molecule has 3 aromatic rings. The van der Waals surface area contributed by atoms with E-state index in [1.807, 2.05) is 42.5 Å². The number of likely N-dealkylation sites (tertiary alicyclic amines) is 1. The van der Waals surface area contributed by atoms with E-state index in [-0.39, 0.29) is 6.04 Å². The van der Waals surface area contributed by atoms with Gasteiger partial charge in [0, 0.05) is 13.1 Å². The summed E-state index contributed by atoms with van der Waals surface area (Å²) in [5, 5.41) is 11.0. The van der Waals surface area contributed by atoms with Gasteiger partial charge in [-0.2, -0.15) is 0 Å². The molecule has 0 unspecified atom stereocenters. The fourth-order valence-electron chi connectivity index (χ4n) is 3.62. The maximum atomic E-state index is 11.0. The fraction of sp³-hybridized carbons (Fsp3) is 0.182. The molecule has 0 aromatic heterocycles. The molecule has 1 N–H and O–H groups in total. The summed E-state index contributed by atoms with van der Waals surface area (Å²) in [6.07, 6.45) is 0. The molecule has 1 heterocycles. The molecule has 0 atom stereocenters. The molecule has 1 fully saturated rings. The minimum atomic E-state index is -0.747. The van der Waals surface area contributed by atoms with Gasteiger partial charge in [-0.05, 0) is 16.7 Å². The van der Waals surface area contributed by atoms with Crippen molar-refractivity contribution in [3.8, 4) is 0 Å². The number of benzene rings is 3. The molecule has 1 saturated heterocycles. The molecular formula is C22H21NO. The second-order valence-corrected chi connectivity index (χ2v) is 6.53. The molecule has 1 aliphatic heterocycles. The largest absolute Gasteiger partial charge is 0.382 e. The molecule has 1 aliphatic rings. The summed E-state index contributed by atoms with van der Waals surface area (Å²) < 4.78 is 0. The van der Waals surface area contributed by atoms with Gasteiger partial charge in [-0.1, -0.05) is 91.0 Å². The standard InChI is InChI=1S/C22H21NO/c24-22(20-14-8-3-9-15-20)16-23(17-22)21(18-10-4-1-5-11-18)19-12-6-2-7-13-19/h1-15,21,24H,16-17H2. The Morgan fingerprint density at radius 2 is 1.08 bits per heavy atom. The minimum absolute atomic E-state index is 0.177. The van der Waals surface area contributed by atoms with Crippen molar-refractivity contribution in [2.24, 2.45) is 0 Å². The third kappa shape index (κ3) is 2.75. The lowest BCUT2D eigenvalue weighted by molar-refractivity contribution is -0.116. The molecule has 0 spiro atoms. The van der Waals surface area contributed by atoms with Gasteiger partial charge in [-0.3, -0.25) is 4.90 Å². The van der Waals surface area contributed by atoms with Gasteiger partial charge in [0.25, 0.3) is 0 Å². The summed E-state index contributed by atoms with van der Waals surface area (Å²) in [6.45, 7) is 1.29. The molecular weight excluding hydrogens is 294 g/mol. The third-order valence-corrected chi connectivity index (χ3v) is 4.84. The van der Waals surface area contributed by atoms with Gasteiger partial charge in [0.15, 0.2) is 0 Å². The predicted octanol–water partition coefficient (Wildman–Crippen LogP) is 3.98. The first-order valence-corrected chi connectivity index (χ1v) is 8.38. The molecule has 0 aliphatic carbocycles. The quantitative estimate of drug-likeness (QED) is 0.787. The van der Waals surface area contributed by atoms with E-state index in [9.17, 15) is 5.11 Å². The Labute approximate surface area is 143 Å². The highest BCUT2D eigenvalue weighted by Crippen LogP contribution is 2.40. The molecule has 2 heteroatoms. The summed E-state index contributed by atoms with van der Waals surface area (Å²) in [6, 6.07) is 31.2. The van der Waals surface area contributed by atoms with Crippen molar-refractivity contribution in [1.29, 1.82) is 0 Å². The highest BCUT2D eigenvalue weighted by atomic mass is 16.3. The average Bonchev–Trinajstić information content (AvgIpc) is 2.63.